The van der Waals surface area contributed by atoms with E-state index in [4.69, 9.17) is 27.9 Å². The number of hydrogen-bond acceptors (Lipinski definition) is 5. The van der Waals surface area contributed by atoms with Gasteiger partial charge in [-0.3, -0.25) is 9.59 Å². The Balaban J connectivity index is 2.07. The predicted molar refractivity (Wildman–Crippen MR) is 113 cm³/mol. The molecule has 29 heavy (non-hydrogen) atoms. The second kappa shape index (κ2) is 10.1. The van der Waals surface area contributed by atoms with Crippen molar-refractivity contribution in [2.24, 2.45) is 11.0 Å². The molecule has 2 aromatic carbocycles. The highest BCUT2D eigenvalue weighted by atomic mass is 35.5. The van der Waals surface area contributed by atoms with Gasteiger partial charge in [0.15, 0.2) is 11.5 Å². The minimum atomic E-state index is -0.840. The molecule has 2 amide bonds. The van der Waals surface area contributed by atoms with E-state index in [1.165, 1.54) is 31.5 Å². The lowest BCUT2D eigenvalue weighted by atomic mass is 10.0. The summed E-state index contributed by atoms with van der Waals surface area (Å²) in [7, 11) is 1.43. The van der Waals surface area contributed by atoms with E-state index in [-0.39, 0.29) is 28.0 Å². The first kappa shape index (κ1) is 22.5. The van der Waals surface area contributed by atoms with Crippen molar-refractivity contribution in [2.45, 2.75) is 19.9 Å². The number of nitrogens with zero attached hydrogens (tertiary/aromatic N) is 1. The summed E-state index contributed by atoms with van der Waals surface area (Å²) in [4.78, 5) is 25.0. The largest absolute Gasteiger partial charge is 0.504 e. The third kappa shape index (κ3) is 5.85. The van der Waals surface area contributed by atoms with Crippen LogP contribution in [0, 0.1) is 5.92 Å². The predicted octanol–water partition coefficient (Wildman–Crippen LogP) is 3.61. The lowest BCUT2D eigenvalue weighted by Crippen LogP contribution is -2.48. The van der Waals surface area contributed by atoms with E-state index in [0.29, 0.717) is 10.6 Å². The topological polar surface area (TPSA) is 100 Å². The first-order chi connectivity index (χ1) is 13.7. The van der Waals surface area contributed by atoms with Crippen molar-refractivity contribution in [2.75, 3.05) is 7.11 Å². The van der Waals surface area contributed by atoms with Crippen LogP contribution in [0.5, 0.6) is 11.5 Å². The molecule has 0 fully saturated rings. The standard InChI is InChI=1S/C20H21Cl2N3O4/c1-11(2)17(24-19(27)12-7-8-14(21)15(22)9-12)20(28)25-23-10-13-5-4-6-16(29-3)18(13)26/h4-11,17,26H,1-3H3,(H,24,27)(H,25,28)/b23-10+. The van der Waals surface area contributed by atoms with E-state index in [1.807, 2.05) is 0 Å². The number of carbonyl (C=O) groups is 2. The Hall–Kier alpha value is -2.77. The highest BCUT2D eigenvalue weighted by Gasteiger charge is 2.24. The SMILES string of the molecule is COc1cccc(/C=N/NC(=O)C(NC(=O)c2ccc(Cl)c(Cl)c2)C(C)C)c1O. The number of phenols is 1. The van der Waals surface area contributed by atoms with Gasteiger partial charge in [0.2, 0.25) is 0 Å². The first-order valence-electron chi connectivity index (χ1n) is 8.69. The number of hydrazone groups is 1. The zero-order valence-corrected chi connectivity index (χ0v) is 17.6. The normalized spacial score (nSPS) is 12.1. The maximum absolute atomic E-state index is 12.5. The molecule has 0 aliphatic carbocycles. The molecule has 0 heterocycles. The lowest BCUT2D eigenvalue weighted by Gasteiger charge is -2.20. The summed E-state index contributed by atoms with van der Waals surface area (Å²) in [6, 6.07) is 8.50. The van der Waals surface area contributed by atoms with Gasteiger partial charge in [-0.15, -0.1) is 0 Å². The molecule has 0 bridgehead atoms. The molecule has 1 atom stereocenters. The molecule has 0 spiro atoms. The van der Waals surface area contributed by atoms with Crippen LogP contribution in [0.15, 0.2) is 41.5 Å². The van der Waals surface area contributed by atoms with E-state index in [1.54, 1.807) is 32.0 Å². The molecule has 0 radical (unpaired) electrons. The van der Waals surface area contributed by atoms with Crippen molar-refractivity contribution in [3.8, 4) is 11.5 Å². The molecule has 3 N–H and O–H groups in total. The number of rotatable bonds is 7. The number of aromatic hydroxyl groups is 1. The molecular weight excluding hydrogens is 417 g/mol. The molecule has 154 valence electrons. The fourth-order valence-electron chi connectivity index (χ4n) is 2.44. The number of benzene rings is 2. The van der Waals surface area contributed by atoms with Gasteiger partial charge >= 0.3 is 0 Å². The van der Waals surface area contributed by atoms with Crippen LogP contribution in [0.4, 0.5) is 0 Å². The van der Waals surface area contributed by atoms with Crippen molar-refractivity contribution in [3.05, 3.63) is 57.6 Å². The molecule has 7 nitrogen and oxygen atoms in total. The summed E-state index contributed by atoms with van der Waals surface area (Å²) in [5.41, 5.74) is 3.02. The number of methoxy groups -OCH3 is 1. The van der Waals surface area contributed by atoms with Gasteiger partial charge in [-0.25, -0.2) is 5.43 Å². The van der Waals surface area contributed by atoms with Crippen molar-refractivity contribution in [1.82, 2.24) is 10.7 Å². The minimum Gasteiger partial charge on any atom is -0.504 e. The lowest BCUT2D eigenvalue weighted by molar-refractivity contribution is -0.123. The third-order valence-electron chi connectivity index (χ3n) is 4.05. The minimum absolute atomic E-state index is 0.0960. The Labute approximate surface area is 178 Å². The highest BCUT2D eigenvalue weighted by molar-refractivity contribution is 6.42. The fraction of sp³-hybridized carbons (Fsp3) is 0.250. The first-order valence-corrected chi connectivity index (χ1v) is 9.45. The van der Waals surface area contributed by atoms with Crippen molar-refractivity contribution in [1.29, 1.82) is 0 Å². The molecule has 1 unspecified atom stereocenters. The van der Waals surface area contributed by atoms with E-state index in [0.717, 1.165) is 0 Å². The summed E-state index contributed by atoms with van der Waals surface area (Å²) in [5, 5.41) is 17.1. The van der Waals surface area contributed by atoms with Crippen molar-refractivity contribution >= 4 is 41.2 Å². The van der Waals surface area contributed by atoms with Crippen LogP contribution < -0.4 is 15.5 Å². The second-order valence-corrected chi connectivity index (χ2v) is 7.27. The third-order valence-corrected chi connectivity index (χ3v) is 4.79. The van der Waals surface area contributed by atoms with E-state index < -0.39 is 17.9 Å². The monoisotopic (exact) mass is 437 g/mol. The molecule has 0 aliphatic rings. The number of halogens is 2. The Kier molecular flexibility index (Phi) is 7.87. The number of para-hydroxylation sites is 1. The number of hydrogen-bond donors (Lipinski definition) is 3. The molecule has 0 saturated heterocycles. The van der Waals surface area contributed by atoms with Crippen molar-refractivity contribution in [3.63, 3.8) is 0 Å². The van der Waals surface area contributed by atoms with Gasteiger partial charge in [0.1, 0.15) is 6.04 Å². The van der Waals surface area contributed by atoms with Gasteiger partial charge in [0, 0.05) is 11.1 Å². The molecular formula is C20H21Cl2N3O4. The summed E-state index contributed by atoms with van der Waals surface area (Å²) in [6.07, 6.45) is 1.29. The summed E-state index contributed by atoms with van der Waals surface area (Å²) in [5.74, 6) is -0.989. The number of phenolic OH excluding ortho intramolecular Hbond substituents is 1. The Morgan fingerprint density at radius 3 is 2.52 bits per heavy atom. The maximum atomic E-state index is 12.5. The average molecular weight is 438 g/mol. The second-order valence-electron chi connectivity index (χ2n) is 6.46. The Morgan fingerprint density at radius 1 is 1.17 bits per heavy atom. The summed E-state index contributed by atoms with van der Waals surface area (Å²) in [6.45, 7) is 3.58. The van der Waals surface area contributed by atoms with Crippen LogP contribution in [0.3, 0.4) is 0 Å². The molecule has 0 aromatic heterocycles. The van der Waals surface area contributed by atoms with Gasteiger partial charge in [0.05, 0.1) is 23.4 Å². The molecule has 9 heteroatoms. The van der Waals surface area contributed by atoms with Gasteiger partial charge in [-0.1, -0.05) is 43.1 Å². The maximum Gasteiger partial charge on any atom is 0.262 e. The van der Waals surface area contributed by atoms with E-state index >= 15 is 0 Å². The summed E-state index contributed by atoms with van der Waals surface area (Å²) >= 11 is 11.8. The van der Waals surface area contributed by atoms with Gasteiger partial charge in [0.25, 0.3) is 11.8 Å². The van der Waals surface area contributed by atoms with E-state index in [2.05, 4.69) is 15.8 Å². The molecule has 2 aromatic rings. The van der Waals surface area contributed by atoms with Crippen LogP contribution in [-0.4, -0.2) is 36.3 Å². The van der Waals surface area contributed by atoms with Crippen molar-refractivity contribution < 1.29 is 19.4 Å². The van der Waals surface area contributed by atoms with E-state index in [9.17, 15) is 14.7 Å². The van der Waals surface area contributed by atoms with Crippen LogP contribution in [0.1, 0.15) is 29.8 Å². The molecule has 0 saturated carbocycles. The Morgan fingerprint density at radius 2 is 1.90 bits per heavy atom. The Bertz CT molecular complexity index is 932. The summed E-state index contributed by atoms with van der Waals surface area (Å²) < 4.78 is 5.02. The number of amides is 2. The number of ether oxygens (including phenoxy) is 1. The number of nitrogens with one attached hydrogen (secondary N) is 2. The van der Waals surface area contributed by atoms with Crippen LogP contribution >= 0.6 is 23.2 Å². The highest BCUT2D eigenvalue weighted by Crippen LogP contribution is 2.28. The molecule has 2 rings (SSSR count). The average Bonchev–Trinajstić information content (AvgIpc) is 2.68. The zero-order chi connectivity index (χ0) is 21.6. The number of carbonyl (C=O) groups excluding carboxylic acids is 2. The zero-order valence-electron chi connectivity index (χ0n) is 16.1. The fourth-order valence-corrected chi connectivity index (χ4v) is 2.74. The van der Waals surface area contributed by atoms with Gasteiger partial charge in [-0.05, 0) is 36.2 Å². The smallest absolute Gasteiger partial charge is 0.262 e. The van der Waals surface area contributed by atoms with Gasteiger partial charge < -0.3 is 15.2 Å². The van der Waals surface area contributed by atoms with Crippen LogP contribution in [0.2, 0.25) is 10.0 Å². The molecule has 0 aliphatic heterocycles. The quantitative estimate of drug-likeness (QED) is 0.454. The van der Waals surface area contributed by atoms with Crippen LogP contribution in [-0.2, 0) is 4.79 Å². The van der Waals surface area contributed by atoms with Gasteiger partial charge in [-0.2, -0.15) is 5.10 Å². The van der Waals surface area contributed by atoms with Crippen LogP contribution in [0.25, 0.3) is 0 Å².